The van der Waals surface area contributed by atoms with Crippen molar-refractivity contribution in [2.24, 2.45) is 17.8 Å². The van der Waals surface area contributed by atoms with E-state index in [9.17, 15) is 15.0 Å². The molecule has 0 aromatic heterocycles. The number of nitrogens with zero attached hydrogens (tertiary/aromatic N) is 1. The molecule has 0 spiro atoms. The largest absolute Gasteiger partial charge is 0.488 e. The lowest BCUT2D eigenvalue weighted by Gasteiger charge is -2.49. The van der Waals surface area contributed by atoms with Crippen LogP contribution in [0.2, 0.25) is 0 Å². The lowest BCUT2D eigenvalue weighted by Crippen LogP contribution is -2.60. The minimum absolute atomic E-state index is 0.184. The van der Waals surface area contributed by atoms with Crippen LogP contribution in [-0.2, 0) is 47.4 Å². The molecule has 0 saturated carbocycles. The Labute approximate surface area is 375 Å². The second kappa shape index (κ2) is 23.4. The molecule has 362 valence electrons. The number of carbonyl (C=O) groups is 1. The summed E-state index contributed by atoms with van der Waals surface area (Å²) >= 11 is 0. The van der Waals surface area contributed by atoms with Gasteiger partial charge in [-0.3, -0.25) is 4.79 Å². The van der Waals surface area contributed by atoms with Gasteiger partial charge in [0.1, 0.15) is 41.4 Å². The van der Waals surface area contributed by atoms with Crippen molar-refractivity contribution in [3.63, 3.8) is 0 Å². The lowest BCUT2D eigenvalue weighted by molar-refractivity contribution is -0.319. The zero-order chi connectivity index (χ0) is 46.2. The molecule has 13 nitrogen and oxygen atoms in total. The summed E-state index contributed by atoms with van der Waals surface area (Å²) in [6.07, 6.45) is 3.64. The fourth-order valence-electron chi connectivity index (χ4n) is 10.8. The normalized spacial score (nSPS) is 39.8. The first-order valence-electron chi connectivity index (χ1n) is 24.3. The Hall–Kier alpha value is -1.39. The number of carbonyl (C=O) groups excluding carboxylic acids is 1. The smallest absolute Gasteiger partial charge is 0.311 e. The Balaban J connectivity index is 1.76. The molecule has 2 bridgehead atoms. The number of cyclic esters (lactones) is 1. The third-order valence-corrected chi connectivity index (χ3v) is 14.5. The van der Waals surface area contributed by atoms with E-state index in [1.165, 1.54) is 0 Å². The summed E-state index contributed by atoms with van der Waals surface area (Å²) in [7, 11) is 5.59. The second-order valence-corrected chi connectivity index (χ2v) is 20.2. The van der Waals surface area contributed by atoms with E-state index < -0.39 is 83.6 Å². The summed E-state index contributed by atoms with van der Waals surface area (Å²) in [5.41, 5.74) is -2.36. The van der Waals surface area contributed by atoms with Crippen LogP contribution in [0, 0.1) is 17.8 Å². The molecule has 0 amide bonds. The molecule has 0 aliphatic carbocycles. The third kappa shape index (κ3) is 12.5. The molecule has 3 fully saturated rings. The van der Waals surface area contributed by atoms with Gasteiger partial charge in [-0.05, 0) is 93.8 Å². The van der Waals surface area contributed by atoms with Crippen LogP contribution in [0.4, 0.5) is 0 Å². The summed E-state index contributed by atoms with van der Waals surface area (Å²) in [5.74, 6) is -1.84. The highest BCUT2D eigenvalue weighted by Crippen LogP contribution is 2.48. The minimum Gasteiger partial charge on any atom is -0.488 e. The second-order valence-electron chi connectivity index (χ2n) is 20.2. The van der Waals surface area contributed by atoms with E-state index in [4.69, 9.17) is 42.6 Å². The monoisotopic (exact) mass is 884 g/mol. The third-order valence-electron chi connectivity index (χ3n) is 14.5. The van der Waals surface area contributed by atoms with E-state index in [0.29, 0.717) is 44.7 Å². The number of unbranched alkanes of at least 4 members (excludes halogenated alkanes) is 6. The highest BCUT2D eigenvalue weighted by atomic mass is 16.7. The van der Waals surface area contributed by atoms with Gasteiger partial charge in [0.25, 0.3) is 0 Å². The van der Waals surface area contributed by atoms with Crippen LogP contribution in [0.5, 0.6) is 0 Å². The van der Waals surface area contributed by atoms with E-state index in [1.54, 1.807) is 14.0 Å². The number of fused-ring (bicyclic) bond motifs is 2. The molecule has 4 heterocycles. The number of hydrogen-bond acceptors (Lipinski definition) is 13. The number of esters is 1. The van der Waals surface area contributed by atoms with Crippen molar-refractivity contribution < 1.29 is 57.6 Å². The van der Waals surface area contributed by atoms with Crippen molar-refractivity contribution in [1.82, 2.24) is 4.90 Å². The quantitative estimate of drug-likeness (QED) is 0.0848. The van der Waals surface area contributed by atoms with Gasteiger partial charge in [-0.1, -0.05) is 73.1 Å². The standard InChI is InChI=1S/C49H89NO12/c1-16-19-21-23-25-55-37(18-3)49(12,53)43-32(6)40-30(4)28-48(11,62-40)42(61-46-39(51)36(50(13)14)27-31(5)57-46)33(7)41(34(8)45(52)60-43)59-38-29-47(10,54-15)44(35(9)58-38)56-26-24-22-20-17-2/h31-39,41-44,46,51,53H,16-29H2,1-15H3/t31-,32-,33+,34-,35+,36+,37-,38?,39-,41+,42-,43-,44+,46?,47-,48-,49-/m1/s1. The van der Waals surface area contributed by atoms with Crippen molar-refractivity contribution in [3.8, 4) is 0 Å². The summed E-state index contributed by atoms with van der Waals surface area (Å²) in [4.78, 5) is 16.9. The van der Waals surface area contributed by atoms with Crippen LogP contribution < -0.4 is 0 Å². The van der Waals surface area contributed by atoms with Gasteiger partial charge in [-0.15, -0.1) is 0 Å². The van der Waals surface area contributed by atoms with Crippen molar-refractivity contribution in [2.45, 2.75) is 244 Å². The summed E-state index contributed by atoms with van der Waals surface area (Å²) in [6, 6.07) is -0.204. The minimum atomic E-state index is -1.58. The van der Waals surface area contributed by atoms with Crippen LogP contribution in [0.15, 0.2) is 11.3 Å². The predicted octanol–water partition coefficient (Wildman–Crippen LogP) is 8.10. The van der Waals surface area contributed by atoms with Gasteiger partial charge in [0.2, 0.25) is 0 Å². The number of likely N-dealkylation sites (N-methyl/N-ethyl adjacent to an activating group) is 1. The molecule has 62 heavy (non-hydrogen) atoms. The maximum absolute atomic E-state index is 14.9. The van der Waals surface area contributed by atoms with E-state index in [1.807, 2.05) is 81.3 Å². The molecule has 3 saturated heterocycles. The molecule has 0 aromatic rings. The van der Waals surface area contributed by atoms with Crippen LogP contribution in [0.25, 0.3) is 0 Å². The molecular weight excluding hydrogens is 795 g/mol. The Bertz CT molecular complexity index is 1410. The summed E-state index contributed by atoms with van der Waals surface area (Å²) in [6.45, 7) is 25.0. The van der Waals surface area contributed by atoms with Gasteiger partial charge in [-0.2, -0.15) is 0 Å². The van der Waals surface area contributed by atoms with Gasteiger partial charge >= 0.3 is 5.97 Å². The molecule has 4 aliphatic heterocycles. The number of aliphatic hydroxyl groups excluding tert-OH is 1. The zero-order valence-corrected chi connectivity index (χ0v) is 41.4. The predicted molar refractivity (Wildman–Crippen MR) is 239 cm³/mol. The van der Waals surface area contributed by atoms with Crippen LogP contribution in [0.3, 0.4) is 0 Å². The fraction of sp³-hybridized carbons (Fsp3) is 0.939. The molecule has 13 heteroatoms. The van der Waals surface area contributed by atoms with Gasteiger partial charge in [0.15, 0.2) is 12.6 Å². The van der Waals surface area contributed by atoms with Crippen molar-refractivity contribution >= 4 is 5.97 Å². The molecule has 0 aromatic carbocycles. The van der Waals surface area contributed by atoms with Crippen LogP contribution in [-0.4, -0.2) is 140 Å². The SMILES string of the molecule is CCCCCCO[C@H](CC)[C@@](C)(O)[C@@H]1OC(=O)[C@H](C)[C@@H](OC2C[C@@](C)(OC)[C@@H](OCCCCCC)[C@H](C)O2)[C@H](C)[C@@H](OC2O[C@H](C)C[C@H](N(C)C)[C@H]2O)[C@@]2(C)CC(C)=C(O2)[C@H]1C. The molecular formula is C49H89NO12. The summed E-state index contributed by atoms with van der Waals surface area (Å²) < 4.78 is 59.9. The van der Waals surface area contributed by atoms with Crippen LogP contribution >= 0.6 is 0 Å². The maximum atomic E-state index is 14.9. The van der Waals surface area contributed by atoms with Crippen molar-refractivity contribution in [3.05, 3.63) is 11.3 Å². The number of aliphatic hydroxyl groups is 2. The molecule has 2 N–H and O–H groups in total. The van der Waals surface area contributed by atoms with Gasteiger partial charge < -0.3 is 57.7 Å². The first-order chi connectivity index (χ1) is 29.2. The summed E-state index contributed by atoms with van der Waals surface area (Å²) in [5, 5.41) is 24.4. The molecule has 0 radical (unpaired) electrons. The average Bonchev–Trinajstić information content (AvgIpc) is 3.53. The Kier molecular flexibility index (Phi) is 20.1. The number of methoxy groups -OCH3 is 1. The lowest BCUT2D eigenvalue weighted by atomic mass is 9.78. The number of rotatable bonds is 21. The molecule has 4 aliphatic rings. The first kappa shape index (κ1) is 53.2. The van der Waals surface area contributed by atoms with Crippen molar-refractivity contribution in [1.29, 1.82) is 0 Å². The van der Waals surface area contributed by atoms with Gasteiger partial charge in [0, 0.05) is 45.1 Å². The van der Waals surface area contributed by atoms with E-state index in [-0.39, 0.29) is 24.4 Å². The Morgan fingerprint density at radius 3 is 2.15 bits per heavy atom. The highest BCUT2D eigenvalue weighted by Gasteiger charge is 2.57. The van der Waals surface area contributed by atoms with Crippen LogP contribution in [0.1, 0.15) is 160 Å². The molecule has 2 unspecified atom stereocenters. The number of hydrogen-bond donors (Lipinski definition) is 2. The zero-order valence-electron chi connectivity index (χ0n) is 41.4. The molecule has 17 atom stereocenters. The number of ether oxygens (including phenoxy) is 9. The molecule has 4 rings (SSSR count). The first-order valence-corrected chi connectivity index (χ1v) is 24.3. The van der Waals surface area contributed by atoms with E-state index >= 15 is 0 Å². The van der Waals surface area contributed by atoms with Crippen molar-refractivity contribution in [2.75, 3.05) is 34.4 Å². The Morgan fingerprint density at radius 1 is 0.903 bits per heavy atom. The average molecular weight is 884 g/mol. The fourth-order valence-corrected chi connectivity index (χ4v) is 10.8. The van der Waals surface area contributed by atoms with Gasteiger partial charge in [-0.25, -0.2) is 0 Å². The Morgan fingerprint density at radius 2 is 1.55 bits per heavy atom. The van der Waals surface area contributed by atoms with Gasteiger partial charge in [0.05, 0.1) is 41.9 Å². The van der Waals surface area contributed by atoms with E-state index in [0.717, 1.165) is 56.9 Å². The van der Waals surface area contributed by atoms with E-state index in [2.05, 4.69) is 13.8 Å². The highest BCUT2D eigenvalue weighted by molar-refractivity contribution is 5.73. The maximum Gasteiger partial charge on any atom is 0.311 e. The topological polar surface area (TPSA) is 144 Å².